The van der Waals surface area contributed by atoms with Gasteiger partial charge in [-0.3, -0.25) is 14.3 Å². The minimum Gasteiger partial charge on any atom is -0.274 e. The Morgan fingerprint density at radius 1 is 1.25 bits per heavy atom. The smallest absolute Gasteiger partial charge is 0.274 e. The normalized spacial score (nSPS) is 10.4. The van der Waals surface area contributed by atoms with Crippen LogP contribution in [0.15, 0.2) is 40.1 Å². The maximum Gasteiger partial charge on any atom is 0.332 e. The number of halogens is 2. The zero-order chi connectivity index (χ0) is 11.7. The van der Waals surface area contributed by atoms with Gasteiger partial charge in [0, 0.05) is 12.3 Å². The summed E-state index contributed by atoms with van der Waals surface area (Å²) in [6.45, 7) is 0. The van der Waals surface area contributed by atoms with Gasteiger partial charge in [-0.1, -0.05) is 11.6 Å². The molecule has 1 aromatic heterocycles. The molecule has 0 saturated heterocycles. The van der Waals surface area contributed by atoms with Crippen LogP contribution in [0.5, 0.6) is 0 Å². The molecule has 0 aliphatic heterocycles. The lowest BCUT2D eigenvalue weighted by atomic mass is 10.3. The summed E-state index contributed by atoms with van der Waals surface area (Å²) in [6.07, 6.45) is 1.27. The van der Waals surface area contributed by atoms with Gasteiger partial charge >= 0.3 is 5.69 Å². The van der Waals surface area contributed by atoms with Crippen molar-refractivity contribution in [2.75, 3.05) is 0 Å². The van der Waals surface area contributed by atoms with Crippen LogP contribution < -0.4 is 11.2 Å². The van der Waals surface area contributed by atoms with E-state index in [0.29, 0.717) is 5.69 Å². The van der Waals surface area contributed by atoms with Crippen LogP contribution in [0.1, 0.15) is 0 Å². The van der Waals surface area contributed by atoms with Crippen LogP contribution >= 0.6 is 11.6 Å². The van der Waals surface area contributed by atoms with E-state index in [0.717, 1.165) is 10.6 Å². The van der Waals surface area contributed by atoms with Gasteiger partial charge in [0.15, 0.2) is 0 Å². The molecule has 0 saturated carbocycles. The molecule has 0 unspecified atom stereocenters. The number of rotatable bonds is 1. The lowest BCUT2D eigenvalue weighted by Gasteiger charge is -2.04. The third kappa shape index (κ3) is 1.90. The molecule has 0 amide bonds. The minimum absolute atomic E-state index is 0.0266. The van der Waals surface area contributed by atoms with Crippen molar-refractivity contribution in [3.8, 4) is 5.69 Å². The first kappa shape index (κ1) is 10.6. The van der Waals surface area contributed by atoms with Crippen LogP contribution in [0.25, 0.3) is 5.69 Å². The molecule has 0 fully saturated rings. The number of nitrogens with one attached hydrogen (secondary N) is 1. The van der Waals surface area contributed by atoms with Gasteiger partial charge in [-0.15, -0.1) is 0 Å². The minimum atomic E-state index is -0.630. The summed E-state index contributed by atoms with van der Waals surface area (Å²) in [5.41, 5.74) is -0.840. The predicted octanol–water partition coefficient (Wildman–Crippen LogP) is 1.32. The Hall–Kier alpha value is -1.88. The average molecular weight is 241 g/mol. The molecule has 4 nitrogen and oxygen atoms in total. The molecular formula is C10H6ClFN2O2. The molecule has 0 atom stereocenters. The fourth-order valence-electron chi connectivity index (χ4n) is 1.26. The molecule has 6 heteroatoms. The number of aromatic amines is 1. The van der Waals surface area contributed by atoms with Crippen molar-refractivity contribution in [3.63, 3.8) is 0 Å². The zero-order valence-electron chi connectivity index (χ0n) is 7.91. The lowest BCUT2D eigenvalue weighted by molar-refractivity contribution is 0.626. The number of benzene rings is 1. The van der Waals surface area contributed by atoms with Crippen LogP contribution in [0.3, 0.4) is 0 Å². The van der Waals surface area contributed by atoms with Gasteiger partial charge in [0.1, 0.15) is 5.82 Å². The summed E-state index contributed by atoms with van der Waals surface area (Å²) >= 11 is 5.51. The van der Waals surface area contributed by atoms with Crippen LogP contribution in [0.4, 0.5) is 4.39 Å². The number of nitrogens with zero attached hydrogens (tertiary/aromatic N) is 1. The van der Waals surface area contributed by atoms with Crippen molar-refractivity contribution < 1.29 is 4.39 Å². The predicted molar refractivity (Wildman–Crippen MR) is 57.6 cm³/mol. The SMILES string of the molecule is O=c1ccn(-c2ccc(Cl)c(F)c2)c(=O)[nH]1. The number of hydrogen-bond donors (Lipinski definition) is 1. The van der Waals surface area contributed by atoms with E-state index in [1.165, 1.54) is 24.4 Å². The third-order valence-electron chi connectivity index (χ3n) is 2.01. The average Bonchev–Trinajstić information content (AvgIpc) is 2.22. The van der Waals surface area contributed by atoms with Crippen molar-refractivity contribution in [2.24, 2.45) is 0 Å². The van der Waals surface area contributed by atoms with Crippen molar-refractivity contribution in [2.45, 2.75) is 0 Å². The fraction of sp³-hybridized carbons (Fsp3) is 0. The summed E-state index contributed by atoms with van der Waals surface area (Å²) < 4.78 is 14.3. The van der Waals surface area contributed by atoms with Crippen LogP contribution in [-0.4, -0.2) is 9.55 Å². The van der Waals surface area contributed by atoms with E-state index in [9.17, 15) is 14.0 Å². The Morgan fingerprint density at radius 3 is 2.62 bits per heavy atom. The van der Waals surface area contributed by atoms with Crippen LogP contribution in [0.2, 0.25) is 5.02 Å². The Kier molecular flexibility index (Phi) is 2.62. The molecule has 2 aromatic rings. The van der Waals surface area contributed by atoms with Crippen molar-refractivity contribution >= 4 is 11.6 Å². The van der Waals surface area contributed by atoms with E-state index in [1.807, 2.05) is 0 Å². The molecule has 0 spiro atoms. The highest BCUT2D eigenvalue weighted by Crippen LogP contribution is 2.16. The summed E-state index contributed by atoms with van der Waals surface area (Å²) in [4.78, 5) is 24.3. The van der Waals surface area contributed by atoms with Gasteiger partial charge < -0.3 is 0 Å². The molecule has 0 aliphatic carbocycles. The van der Waals surface area contributed by atoms with Gasteiger partial charge in [0.2, 0.25) is 0 Å². The molecule has 82 valence electrons. The fourth-order valence-corrected chi connectivity index (χ4v) is 1.37. The van der Waals surface area contributed by atoms with Gasteiger partial charge in [0.05, 0.1) is 10.7 Å². The zero-order valence-corrected chi connectivity index (χ0v) is 8.66. The number of hydrogen-bond acceptors (Lipinski definition) is 2. The first-order valence-corrected chi connectivity index (χ1v) is 4.73. The van der Waals surface area contributed by atoms with E-state index >= 15 is 0 Å². The number of aromatic nitrogens is 2. The summed E-state index contributed by atoms with van der Waals surface area (Å²) in [7, 11) is 0. The van der Waals surface area contributed by atoms with E-state index in [4.69, 9.17) is 11.6 Å². The van der Waals surface area contributed by atoms with Gasteiger partial charge in [0.25, 0.3) is 5.56 Å². The second-order valence-corrected chi connectivity index (χ2v) is 3.49. The molecular weight excluding hydrogens is 235 g/mol. The van der Waals surface area contributed by atoms with Gasteiger partial charge in [-0.25, -0.2) is 9.18 Å². The van der Waals surface area contributed by atoms with E-state index in [-0.39, 0.29) is 5.02 Å². The first-order valence-electron chi connectivity index (χ1n) is 4.35. The molecule has 0 radical (unpaired) electrons. The highest BCUT2D eigenvalue weighted by atomic mass is 35.5. The second kappa shape index (κ2) is 3.94. The quantitative estimate of drug-likeness (QED) is 0.817. The molecule has 2 rings (SSSR count). The van der Waals surface area contributed by atoms with E-state index < -0.39 is 17.1 Å². The summed E-state index contributed by atoms with van der Waals surface area (Å²) in [5.74, 6) is -0.628. The maximum atomic E-state index is 13.2. The Morgan fingerprint density at radius 2 is 2.00 bits per heavy atom. The lowest BCUT2D eigenvalue weighted by Crippen LogP contribution is -2.27. The highest BCUT2D eigenvalue weighted by Gasteiger charge is 2.04. The highest BCUT2D eigenvalue weighted by molar-refractivity contribution is 6.30. The maximum absolute atomic E-state index is 13.2. The van der Waals surface area contributed by atoms with Crippen LogP contribution in [0, 0.1) is 5.82 Å². The van der Waals surface area contributed by atoms with Crippen LogP contribution in [-0.2, 0) is 0 Å². The third-order valence-corrected chi connectivity index (χ3v) is 2.31. The second-order valence-electron chi connectivity index (χ2n) is 3.08. The first-order chi connectivity index (χ1) is 7.58. The number of H-pyrrole nitrogens is 1. The summed E-state index contributed by atoms with van der Waals surface area (Å²) in [5, 5.41) is -0.0266. The van der Waals surface area contributed by atoms with Gasteiger partial charge in [-0.2, -0.15) is 0 Å². The molecule has 1 aromatic carbocycles. The standard InChI is InChI=1S/C10H6ClFN2O2/c11-7-2-1-6(5-8(7)12)14-4-3-9(15)13-10(14)16/h1-5H,(H,13,15,16). The Labute approximate surface area is 93.9 Å². The van der Waals surface area contributed by atoms with Crippen molar-refractivity contribution in [3.05, 3.63) is 62.1 Å². The monoisotopic (exact) mass is 240 g/mol. The molecule has 1 heterocycles. The topological polar surface area (TPSA) is 54.9 Å². The summed E-state index contributed by atoms with van der Waals surface area (Å²) in [6, 6.07) is 5.10. The largest absolute Gasteiger partial charge is 0.332 e. The molecule has 0 bridgehead atoms. The molecule has 1 N–H and O–H groups in total. The Balaban J connectivity index is 2.63. The van der Waals surface area contributed by atoms with Crippen molar-refractivity contribution in [1.82, 2.24) is 9.55 Å². The Bertz CT molecular complexity index is 648. The molecule has 16 heavy (non-hydrogen) atoms. The van der Waals surface area contributed by atoms with E-state index in [1.54, 1.807) is 0 Å². The molecule has 0 aliphatic rings. The van der Waals surface area contributed by atoms with E-state index in [2.05, 4.69) is 4.98 Å². The van der Waals surface area contributed by atoms with Crippen molar-refractivity contribution in [1.29, 1.82) is 0 Å². The van der Waals surface area contributed by atoms with Gasteiger partial charge in [-0.05, 0) is 18.2 Å².